The third-order valence-corrected chi connectivity index (χ3v) is 3.47. The van der Waals surface area contributed by atoms with Crippen LogP contribution in [0.3, 0.4) is 0 Å². The number of phenols is 1. The fourth-order valence-corrected chi connectivity index (χ4v) is 2.18. The summed E-state index contributed by atoms with van der Waals surface area (Å²) in [5.41, 5.74) is 3.15. The summed E-state index contributed by atoms with van der Waals surface area (Å²) in [4.78, 5) is 11.7. The minimum Gasteiger partial charge on any atom is -0.508 e. The third kappa shape index (κ3) is 3.67. The number of phenolic OH excluding ortho intramolecular Hbond substituents is 1. The van der Waals surface area contributed by atoms with Gasteiger partial charge in [0.25, 0.3) is 5.91 Å². The number of amides is 1. The molecule has 0 unspecified atom stereocenters. The monoisotopic (exact) mass is 304 g/mol. The van der Waals surface area contributed by atoms with Gasteiger partial charge in [0, 0.05) is 35.4 Å². The summed E-state index contributed by atoms with van der Waals surface area (Å²) in [7, 11) is 1.60. The molecule has 0 radical (unpaired) electrons. The second kappa shape index (κ2) is 6.50. The van der Waals surface area contributed by atoms with Crippen molar-refractivity contribution in [1.29, 1.82) is 0 Å². The van der Waals surface area contributed by atoms with E-state index in [0.717, 1.165) is 11.3 Å². The van der Waals surface area contributed by atoms with E-state index in [0.29, 0.717) is 22.7 Å². The number of hydrogen-bond donors (Lipinski definition) is 3. The van der Waals surface area contributed by atoms with Crippen LogP contribution in [0.15, 0.2) is 36.4 Å². The summed E-state index contributed by atoms with van der Waals surface area (Å²) in [6.07, 6.45) is 0. The Bertz CT molecular complexity index is 671. The van der Waals surface area contributed by atoms with Crippen LogP contribution in [0.5, 0.6) is 5.75 Å². The van der Waals surface area contributed by atoms with Gasteiger partial charge in [0.15, 0.2) is 0 Å². The molecule has 2 aromatic rings. The van der Waals surface area contributed by atoms with Crippen molar-refractivity contribution in [2.24, 2.45) is 0 Å². The van der Waals surface area contributed by atoms with Gasteiger partial charge in [0.1, 0.15) is 5.75 Å². The maximum Gasteiger partial charge on any atom is 0.251 e. The molecule has 5 heteroatoms. The van der Waals surface area contributed by atoms with E-state index in [1.165, 1.54) is 0 Å². The van der Waals surface area contributed by atoms with E-state index in [9.17, 15) is 9.90 Å². The SMILES string of the molecule is CNC(=O)c1ccc(C)c(NCc2cc(Cl)ccc2O)c1. The minimum atomic E-state index is -0.136. The molecule has 0 bridgehead atoms. The Morgan fingerprint density at radius 1 is 1.24 bits per heavy atom. The standard InChI is InChI=1S/C16H17ClN2O2/c1-10-3-4-11(16(21)18-2)8-14(10)19-9-12-7-13(17)5-6-15(12)20/h3-8,19-20H,9H2,1-2H3,(H,18,21). The molecule has 0 fully saturated rings. The Morgan fingerprint density at radius 3 is 2.71 bits per heavy atom. The molecule has 0 atom stereocenters. The maximum absolute atomic E-state index is 11.7. The average Bonchev–Trinajstić information content (AvgIpc) is 2.48. The first-order chi connectivity index (χ1) is 10.0. The molecule has 0 spiro atoms. The van der Waals surface area contributed by atoms with Gasteiger partial charge in [-0.05, 0) is 42.8 Å². The van der Waals surface area contributed by atoms with Gasteiger partial charge >= 0.3 is 0 Å². The lowest BCUT2D eigenvalue weighted by molar-refractivity contribution is 0.0963. The van der Waals surface area contributed by atoms with Crippen LogP contribution < -0.4 is 10.6 Å². The lowest BCUT2D eigenvalue weighted by atomic mass is 10.1. The Balaban J connectivity index is 2.19. The average molecular weight is 305 g/mol. The van der Waals surface area contributed by atoms with Gasteiger partial charge in [-0.15, -0.1) is 0 Å². The maximum atomic E-state index is 11.7. The molecule has 2 rings (SSSR count). The second-order valence-electron chi connectivity index (χ2n) is 4.74. The highest BCUT2D eigenvalue weighted by Gasteiger charge is 2.07. The predicted octanol–water partition coefficient (Wildman–Crippen LogP) is 3.33. The number of halogens is 1. The van der Waals surface area contributed by atoms with Gasteiger partial charge in [-0.25, -0.2) is 0 Å². The highest BCUT2D eigenvalue weighted by atomic mass is 35.5. The van der Waals surface area contributed by atoms with Gasteiger partial charge in [-0.1, -0.05) is 17.7 Å². The molecule has 2 aromatic carbocycles. The number of aromatic hydroxyl groups is 1. The first kappa shape index (κ1) is 15.2. The number of hydrogen-bond acceptors (Lipinski definition) is 3. The van der Waals surface area contributed by atoms with Gasteiger partial charge in [0.05, 0.1) is 0 Å². The fourth-order valence-electron chi connectivity index (χ4n) is 1.98. The smallest absolute Gasteiger partial charge is 0.251 e. The molecule has 110 valence electrons. The molecular weight excluding hydrogens is 288 g/mol. The van der Waals surface area contributed by atoms with Crippen molar-refractivity contribution >= 4 is 23.2 Å². The minimum absolute atomic E-state index is 0.136. The van der Waals surface area contributed by atoms with E-state index in [2.05, 4.69) is 10.6 Å². The van der Waals surface area contributed by atoms with E-state index >= 15 is 0 Å². The van der Waals surface area contributed by atoms with Crippen molar-refractivity contribution in [1.82, 2.24) is 5.32 Å². The van der Waals surface area contributed by atoms with E-state index in [-0.39, 0.29) is 11.7 Å². The van der Waals surface area contributed by atoms with Crippen molar-refractivity contribution in [3.8, 4) is 5.75 Å². The van der Waals surface area contributed by atoms with Crippen molar-refractivity contribution in [3.05, 3.63) is 58.1 Å². The molecule has 3 N–H and O–H groups in total. The van der Waals surface area contributed by atoms with Crippen LogP contribution in [0.2, 0.25) is 5.02 Å². The van der Waals surface area contributed by atoms with E-state index in [1.54, 1.807) is 37.4 Å². The van der Waals surface area contributed by atoms with Crippen LogP contribution >= 0.6 is 11.6 Å². The largest absolute Gasteiger partial charge is 0.508 e. The summed E-state index contributed by atoms with van der Waals surface area (Å²) in [5.74, 6) is 0.0515. The van der Waals surface area contributed by atoms with Crippen LogP contribution in [0.1, 0.15) is 21.5 Å². The Labute approximate surface area is 128 Å². The Kier molecular flexibility index (Phi) is 4.70. The summed E-state index contributed by atoms with van der Waals surface area (Å²) in [6, 6.07) is 10.4. The van der Waals surface area contributed by atoms with E-state index < -0.39 is 0 Å². The number of benzene rings is 2. The third-order valence-electron chi connectivity index (χ3n) is 3.24. The van der Waals surface area contributed by atoms with E-state index in [4.69, 9.17) is 11.6 Å². The van der Waals surface area contributed by atoms with Crippen LogP contribution in [-0.2, 0) is 6.54 Å². The summed E-state index contributed by atoms with van der Waals surface area (Å²) in [5, 5.41) is 16.2. The molecule has 4 nitrogen and oxygen atoms in total. The lowest BCUT2D eigenvalue weighted by Crippen LogP contribution is -2.18. The van der Waals surface area contributed by atoms with Crippen molar-refractivity contribution in [2.45, 2.75) is 13.5 Å². The highest BCUT2D eigenvalue weighted by molar-refractivity contribution is 6.30. The Morgan fingerprint density at radius 2 is 2.00 bits per heavy atom. The number of carbonyl (C=O) groups excluding carboxylic acids is 1. The van der Waals surface area contributed by atoms with E-state index in [1.807, 2.05) is 13.0 Å². The van der Waals surface area contributed by atoms with Crippen LogP contribution in [0, 0.1) is 6.92 Å². The van der Waals surface area contributed by atoms with Crippen molar-refractivity contribution < 1.29 is 9.90 Å². The van der Waals surface area contributed by atoms with Crippen molar-refractivity contribution in [3.63, 3.8) is 0 Å². The van der Waals surface area contributed by atoms with Crippen molar-refractivity contribution in [2.75, 3.05) is 12.4 Å². The summed E-state index contributed by atoms with van der Waals surface area (Å²) >= 11 is 5.92. The zero-order chi connectivity index (χ0) is 15.4. The predicted molar refractivity (Wildman–Crippen MR) is 85.0 cm³/mol. The number of carbonyl (C=O) groups is 1. The first-order valence-electron chi connectivity index (χ1n) is 6.55. The topological polar surface area (TPSA) is 61.4 Å². The molecule has 0 heterocycles. The highest BCUT2D eigenvalue weighted by Crippen LogP contribution is 2.24. The number of nitrogens with one attached hydrogen (secondary N) is 2. The summed E-state index contributed by atoms with van der Waals surface area (Å²) < 4.78 is 0. The quantitative estimate of drug-likeness (QED) is 0.812. The molecule has 0 aliphatic heterocycles. The molecule has 0 aromatic heterocycles. The lowest BCUT2D eigenvalue weighted by Gasteiger charge is -2.12. The first-order valence-corrected chi connectivity index (χ1v) is 6.93. The Hall–Kier alpha value is -2.20. The molecule has 21 heavy (non-hydrogen) atoms. The zero-order valence-corrected chi connectivity index (χ0v) is 12.7. The molecular formula is C16H17ClN2O2. The molecule has 0 saturated heterocycles. The zero-order valence-electron chi connectivity index (χ0n) is 11.9. The van der Waals surface area contributed by atoms with Gasteiger partial charge in [-0.3, -0.25) is 4.79 Å². The number of rotatable bonds is 4. The number of anilines is 1. The van der Waals surface area contributed by atoms with Crippen LogP contribution in [-0.4, -0.2) is 18.1 Å². The fraction of sp³-hybridized carbons (Fsp3) is 0.188. The number of aryl methyl sites for hydroxylation is 1. The van der Waals surface area contributed by atoms with Gasteiger partial charge in [-0.2, -0.15) is 0 Å². The van der Waals surface area contributed by atoms with Crippen LogP contribution in [0.25, 0.3) is 0 Å². The van der Waals surface area contributed by atoms with Gasteiger partial charge in [0.2, 0.25) is 0 Å². The molecule has 0 aliphatic rings. The van der Waals surface area contributed by atoms with Crippen LogP contribution in [0.4, 0.5) is 5.69 Å². The second-order valence-corrected chi connectivity index (χ2v) is 5.17. The molecule has 0 aliphatic carbocycles. The molecule has 0 saturated carbocycles. The summed E-state index contributed by atoms with van der Waals surface area (Å²) in [6.45, 7) is 2.37. The van der Waals surface area contributed by atoms with Gasteiger partial charge < -0.3 is 15.7 Å². The normalized spacial score (nSPS) is 10.2. The molecule has 1 amide bonds.